The molecule has 1 aliphatic heterocycles. The van der Waals surface area contributed by atoms with E-state index in [1.165, 1.54) is 18.9 Å². The van der Waals surface area contributed by atoms with Crippen molar-refractivity contribution in [2.45, 2.75) is 26.3 Å². The lowest BCUT2D eigenvalue weighted by molar-refractivity contribution is -0.132. The lowest BCUT2D eigenvalue weighted by atomic mass is 9.94. The number of amides is 1. The van der Waals surface area contributed by atoms with E-state index in [9.17, 15) is 19.5 Å². The normalized spacial score (nSPS) is 16.9. The number of anilines is 1. The number of carbonyl (C=O) groups is 3. The van der Waals surface area contributed by atoms with E-state index in [4.69, 9.17) is 9.47 Å². The Morgan fingerprint density at radius 1 is 0.971 bits per heavy atom. The summed E-state index contributed by atoms with van der Waals surface area (Å²) in [4.78, 5) is 39.2. The summed E-state index contributed by atoms with van der Waals surface area (Å²) < 4.78 is 10.4. The van der Waals surface area contributed by atoms with Crippen LogP contribution >= 0.6 is 0 Å². The van der Waals surface area contributed by atoms with Crippen LogP contribution in [-0.2, 0) is 20.8 Å². The fourth-order valence-corrected chi connectivity index (χ4v) is 4.11. The molecule has 1 atom stereocenters. The fraction of sp³-hybridized carbons (Fsp3) is 0.179. The number of hydrogen-bond donors (Lipinski definition) is 1. The number of methoxy groups -OCH3 is 1. The molecule has 0 bridgehead atoms. The number of nitrogens with zero attached hydrogens (tertiary/aromatic N) is 1. The third kappa shape index (κ3) is 4.66. The molecule has 1 N–H and O–H groups in total. The van der Waals surface area contributed by atoms with E-state index >= 15 is 0 Å². The molecule has 0 radical (unpaired) electrons. The highest BCUT2D eigenvalue weighted by Gasteiger charge is 2.47. The molecule has 0 saturated carbocycles. The lowest BCUT2D eigenvalue weighted by Crippen LogP contribution is -2.29. The van der Waals surface area contributed by atoms with Crippen LogP contribution in [0.5, 0.6) is 11.5 Å². The highest BCUT2D eigenvalue weighted by molar-refractivity contribution is 6.51. The van der Waals surface area contributed by atoms with Crippen molar-refractivity contribution < 1.29 is 29.0 Å². The smallest absolute Gasteiger partial charge is 0.308 e. The average molecular weight is 472 g/mol. The van der Waals surface area contributed by atoms with Gasteiger partial charge in [-0.1, -0.05) is 49.4 Å². The Balaban J connectivity index is 1.88. The zero-order valence-electron chi connectivity index (χ0n) is 19.6. The second kappa shape index (κ2) is 9.85. The Morgan fingerprint density at radius 2 is 1.66 bits per heavy atom. The molecule has 1 aliphatic rings. The predicted molar refractivity (Wildman–Crippen MR) is 131 cm³/mol. The molecule has 3 aromatic rings. The first-order valence-electron chi connectivity index (χ1n) is 11.2. The average Bonchev–Trinajstić information content (AvgIpc) is 3.14. The number of aliphatic hydroxyl groups excluding tert-OH is 1. The fourth-order valence-electron chi connectivity index (χ4n) is 4.11. The van der Waals surface area contributed by atoms with Crippen LogP contribution in [-0.4, -0.2) is 29.9 Å². The van der Waals surface area contributed by atoms with Crippen molar-refractivity contribution >= 4 is 29.1 Å². The summed E-state index contributed by atoms with van der Waals surface area (Å²) in [6.45, 7) is 3.32. The zero-order valence-corrected chi connectivity index (χ0v) is 19.6. The van der Waals surface area contributed by atoms with Crippen LogP contribution in [0.3, 0.4) is 0 Å². The van der Waals surface area contributed by atoms with Crippen LogP contribution in [0, 0.1) is 0 Å². The van der Waals surface area contributed by atoms with Crippen molar-refractivity contribution in [2.75, 3.05) is 12.0 Å². The molecule has 35 heavy (non-hydrogen) atoms. The quantitative estimate of drug-likeness (QED) is 0.182. The second-order valence-electron chi connectivity index (χ2n) is 8.08. The summed E-state index contributed by atoms with van der Waals surface area (Å²) in [5, 5.41) is 11.2. The Kier molecular flexibility index (Phi) is 6.68. The maximum atomic E-state index is 13.3. The van der Waals surface area contributed by atoms with Gasteiger partial charge in [0, 0.05) is 24.2 Å². The van der Waals surface area contributed by atoms with Gasteiger partial charge in [0.05, 0.1) is 18.7 Å². The van der Waals surface area contributed by atoms with Gasteiger partial charge in [-0.05, 0) is 41.8 Å². The zero-order chi connectivity index (χ0) is 25.1. The number of Topliss-reactive ketones (excluding diaryl/α,β-unsaturated/α-hetero) is 1. The minimum atomic E-state index is -0.903. The van der Waals surface area contributed by atoms with Gasteiger partial charge in [0.1, 0.15) is 17.3 Å². The first-order valence-corrected chi connectivity index (χ1v) is 11.2. The van der Waals surface area contributed by atoms with E-state index in [-0.39, 0.29) is 11.3 Å². The first-order chi connectivity index (χ1) is 16.8. The Morgan fingerprint density at radius 3 is 2.26 bits per heavy atom. The summed E-state index contributed by atoms with van der Waals surface area (Å²) in [6.07, 6.45) is 0.829. The minimum Gasteiger partial charge on any atom is -0.507 e. The van der Waals surface area contributed by atoms with Gasteiger partial charge in [0.2, 0.25) is 0 Å². The van der Waals surface area contributed by atoms with Crippen LogP contribution in [0.4, 0.5) is 5.69 Å². The van der Waals surface area contributed by atoms with Crippen LogP contribution in [0.1, 0.15) is 36.6 Å². The second-order valence-corrected chi connectivity index (χ2v) is 8.08. The number of benzene rings is 3. The molecule has 1 amide bonds. The number of aryl methyl sites for hydroxylation is 1. The van der Waals surface area contributed by atoms with E-state index in [0.717, 1.165) is 12.0 Å². The summed E-state index contributed by atoms with van der Waals surface area (Å²) in [5.41, 5.74) is 2.50. The SMILES string of the molecule is CCc1ccc(/C(O)=C2\C(=O)C(=O)N(c3cccc(OC)c3)C2c2ccc(OC(C)=O)cc2)cc1. The molecule has 0 aromatic heterocycles. The largest absolute Gasteiger partial charge is 0.507 e. The Hall–Kier alpha value is -4.39. The highest BCUT2D eigenvalue weighted by atomic mass is 16.5. The van der Waals surface area contributed by atoms with Crippen LogP contribution in [0.15, 0.2) is 78.4 Å². The molecule has 3 aromatic carbocycles. The molecular weight excluding hydrogens is 446 g/mol. The molecule has 4 rings (SSSR count). The maximum absolute atomic E-state index is 13.3. The van der Waals surface area contributed by atoms with Crippen LogP contribution in [0.2, 0.25) is 0 Å². The summed E-state index contributed by atoms with van der Waals surface area (Å²) in [7, 11) is 1.51. The molecule has 0 aliphatic carbocycles. The molecule has 1 unspecified atom stereocenters. The van der Waals surface area contributed by atoms with Gasteiger partial charge in [0.25, 0.3) is 11.7 Å². The third-order valence-corrected chi connectivity index (χ3v) is 5.87. The van der Waals surface area contributed by atoms with E-state index in [1.807, 2.05) is 19.1 Å². The van der Waals surface area contributed by atoms with Gasteiger partial charge in [-0.3, -0.25) is 19.3 Å². The number of esters is 1. The summed E-state index contributed by atoms with van der Waals surface area (Å²) in [5.74, 6) is -1.43. The molecule has 0 spiro atoms. The van der Waals surface area contributed by atoms with Crippen LogP contribution < -0.4 is 14.4 Å². The number of aliphatic hydroxyl groups is 1. The topological polar surface area (TPSA) is 93.1 Å². The molecule has 1 fully saturated rings. The van der Waals surface area contributed by atoms with Gasteiger partial charge in [-0.25, -0.2) is 0 Å². The van der Waals surface area contributed by atoms with Crippen molar-refractivity contribution in [2.24, 2.45) is 0 Å². The van der Waals surface area contributed by atoms with Gasteiger partial charge in [-0.2, -0.15) is 0 Å². The lowest BCUT2D eigenvalue weighted by Gasteiger charge is -2.26. The molecule has 178 valence electrons. The van der Waals surface area contributed by atoms with Gasteiger partial charge >= 0.3 is 5.97 Å². The van der Waals surface area contributed by atoms with Crippen LogP contribution in [0.25, 0.3) is 5.76 Å². The van der Waals surface area contributed by atoms with E-state index in [0.29, 0.717) is 28.3 Å². The van der Waals surface area contributed by atoms with Gasteiger partial charge < -0.3 is 14.6 Å². The van der Waals surface area contributed by atoms with E-state index in [2.05, 4.69) is 0 Å². The van der Waals surface area contributed by atoms with Gasteiger partial charge in [-0.15, -0.1) is 0 Å². The number of ether oxygens (including phenoxy) is 2. The number of hydrogen-bond acceptors (Lipinski definition) is 6. The minimum absolute atomic E-state index is 0.0256. The molecule has 1 heterocycles. The van der Waals surface area contributed by atoms with E-state index in [1.54, 1.807) is 60.7 Å². The molecule has 7 nitrogen and oxygen atoms in total. The standard InChI is InChI=1S/C28H25NO6/c1-4-18-8-10-20(11-9-18)26(31)24-25(19-12-14-22(15-13-19)35-17(2)30)29(28(33)27(24)32)21-6-5-7-23(16-21)34-3/h5-16,25,31H,4H2,1-3H3/b26-24+. The third-order valence-electron chi connectivity index (χ3n) is 5.87. The number of carbonyl (C=O) groups excluding carboxylic acids is 3. The van der Waals surface area contributed by atoms with Crippen molar-refractivity contribution in [1.82, 2.24) is 0 Å². The predicted octanol–water partition coefficient (Wildman–Crippen LogP) is 4.81. The molecule has 7 heteroatoms. The Bertz CT molecular complexity index is 1310. The van der Waals surface area contributed by atoms with Crippen molar-refractivity contribution in [3.05, 3.63) is 95.1 Å². The van der Waals surface area contributed by atoms with Crippen molar-refractivity contribution in [3.8, 4) is 11.5 Å². The number of ketones is 1. The highest BCUT2D eigenvalue weighted by Crippen LogP contribution is 2.43. The summed E-state index contributed by atoms with van der Waals surface area (Å²) >= 11 is 0. The first kappa shape index (κ1) is 23.8. The van der Waals surface area contributed by atoms with Crippen molar-refractivity contribution in [1.29, 1.82) is 0 Å². The molecule has 1 saturated heterocycles. The Labute approximate surface area is 203 Å². The molecular formula is C28H25NO6. The summed E-state index contributed by atoms with van der Waals surface area (Å²) in [6, 6.07) is 19.6. The van der Waals surface area contributed by atoms with E-state index < -0.39 is 23.7 Å². The van der Waals surface area contributed by atoms with Crippen molar-refractivity contribution in [3.63, 3.8) is 0 Å². The van der Waals surface area contributed by atoms with Gasteiger partial charge in [0.15, 0.2) is 0 Å². The number of rotatable bonds is 6. The maximum Gasteiger partial charge on any atom is 0.308 e. The monoisotopic (exact) mass is 471 g/mol.